The highest BCUT2D eigenvalue weighted by Crippen LogP contribution is 2.36. The first-order valence-electron chi connectivity index (χ1n) is 9.89. The van der Waals surface area contributed by atoms with Gasteiger partial charge >= 0.3 is 6.18 Å². The molecule has 1 saturated heterocycles. The Labute approximate surface area is 183 Å². The van der Waals surface area contributed by atoms with Gasteiger partial charge in [-0.1, -0.05) is 18.2 Å². The Morgan fingerprint density at radius 1 is 1.16 bits per heavy atom. The average molecular weight is 460 g/mol. The maximum atomic E-state index is 13.8. The van der Waals surface area contributed by atoms with Crippen molar-refractivity contribution in [3.8, 4) is 10.6 Å². The zero-order chi connectivity index (χ0) is 22.5. The maximum Gasteiger partial charge on any atom is 0.433 e. The Bertz CT molecular complexity index is 1280. The number of likely N-dealkylation sites (tertiary alicyclic amines) is 1. The molecule has 164 valence electrons. The Kier molecular flexibility index (Phi) is 4.96. The van der Waals surface area contributed by atoms with E-state index in [2.05, 4.69) is 10.1 Å². The summed E-state index contributed by atoms with van der Waals surface area (Å²) in [5.41, 5.74) is -0.231. The van der Waals surface area contributed by atoms with Gasteiger partial charge in [-0.05, 0) is 48.1 Å². The number of rotatable bonds is 3. The lowest BCUT2D eigenvalue weighted by Gasteiger charge is -2.24. The van der Waals surface area contributed by atoms with Crippen LogP contribution in [-0.4, -0.2) is 31.9 Å². The topological polar surface area (TPSA) is 50.5 Å². The van der Waals surface area contributed by atoms with Crippen molar-refractivity contribution in [3.05, 3.63) is 76.7 Å². The number of fused-ring (bicyclic) bond motifs is 1. The lowest BCUT2D eigenvalue weighted by atomic mass is 10.0. The second-order valence-electron chi connectivity index (χ2n) is 7.50. The number of amides is 1. The molecule has 0 saturated carbocycles. The summed E-state index contributed by atoms with van der Waals surface area (Å²) in [6.07, 6.45) is -2.13. The van der Waals surface area contributed by atoms with E-state index in [1.54, 1.807) is 34.5 Å². The standard InChI is InChI=1S/C22H16F4N4OS/c23-14-7-5-13(6-8-14)17-3-1-9-29(17)21(31)15-12-27-30-19(22(24,25)26)11-16(28-20(15)30)18-4-2-10-32-18/h2,4-8,10-12,17H,1,3,9H2/t17-/m0/s1. The molecule has 0 N–H and O–H groups in total. The van der Waals surface area contributed by atoms with Crippen molar-refractivity contribution in [2.24, 2.45) is 0 Å². The molecule has 1 atom stereocenters. The van der Waals surface area contributed by atoms with Crippen LogP contribution < -0.4 is 0 Å². The minimum absolute atomic E-state index is 0.00270. The van der Waals surface area contributed by atoms with Gasteiger partial charge in [0.1, 0.15) is 11.4 Å². The number of hydrogen-bond acceptors (Lipinski definition) is 4. The Morgan fingerprint density at radius 2 is 1.94 bits per heavy atom. The highest BCUT2D eigenvalue weighted by molar-refractivity contribution is 7.13. The van der Waals surface area contributed by atoms with Gasteiger partial charge in [0.2, 0.25) is 0 Å². The first-order valence-corrected chi connectivity index (χ1v) is 10.8. The van der Waals surface area contributed by atoms with Gasteiger partial charge in [0.15, 0.2) is 11.3 Å². The van der Waals surface area contributed by atoms with Crippen molar-refractivity contribution in [1.29, 1.82) is 0 Å². The molecular weight excluding hydrogens is 444 g/mol. The molecule has 1 aliphatic heterocycles. The van der Waals surface area contributed by atoms with E-state index in [-0.39, 0.29) is 28.8 Å². The summed E-state index contributed by atoms with van der Waals surface area (Å²) in [5.74, 6) is -0.826. The third-order valence-electron chi connectivity index (χ3n) is 5.53. The third kappa shape index (κ3) is 3.54. The fourth-order valence-electron chi connectivity index (χ4n) is 4.06. The maximum absolute atomic E-state index is 13.8. The van der Waals surface area contributed by atoms with E-state index in [1.807, 2.05) is 0 Å². The number of hydrogen-bond donors (Lipinski definition) is 0. The highest BCUT2D eigenvalue weighted by Gasteiger charge is 2.37. The Hall–Kier alpha value is -3.27. The summed E-state index contributed by atoms with van der Waals surface area (Å²) in [4.78, 5) is 19.9. The third-order valence-corrected chi connectivity index (χ3v) is 6.43. The Balaban J connectivity index is 1.60. The largest absolute Gasteiger partial charge is 0.433 e. The van der Waals surface area contributed by atoms with Gasteiger partial charge in [-0.2, -0.15) is 18.3 Å². The van der Waals surface area contributed by atoms with Crippen molar-refractivity contribution < 1.29 is 22.4 Å². The minimum atomic E-state index is -4.68. The van der Waals surface area contributed by atoms with E-state index in [9.17, 15) is 22.4 Å². The molecule has 0 aliphatic carbocycles. The van der Waals surface area contributed by atoms with Crippen LogP contribution in [-0.2, 0) is 6.18 Å². The quantitative estimate of drug-likeness (QED) is 0.375. The molecule has 1 fully saturated rings. The molecule has 32 heavy (non-hydrogen) atoms. The zero-order valence-corrected chi connectivity index (χ0v) is 17.3. The first kappa shape index (κ1) is 20.6. The summed E-state index contributed by atoms with van der Waals surface area (Å²) >= 11 is 1.26. The van der Waals surface area contributed by atoms with E-state index < -0.39 is 17.8 Å². The van der Waals surface area contributed by atoms with Gasteiger partial charge in [-0.3, -0.25) is 4.79 Å². The number of carbonyl (C=O) groups is 1. The number of alkyl halides is 3. The van der Waals surface area contributed by atoms with Gasteiger partial charge in [0.05, 0.1) is 22.8 Å². The van der Waals surface area contributed by atoms with Crippen LogP contribution >= 0.6 is 11.3 Å². The van der Waals surface area contributed by atoms with Crippen LogP contribution in [0.1, 0.15) is 40.5 Å². The van der Waals surface area contributed by atoms with Crippen LogP contribution in [0.4, 0.5) is 17.6 Å². The van der Waals surface area contributed by atoms with E-state index >= 15 is 0 Å². The van der Waals surface area contributed by atoms with Crippen LogP contribution in [0.25, 0.3) is 16.2 Å². The molecule has 1 aliphatic rings. The van der Waals surface area contributed by atoms with E-state index in [1.165, 1.54) is 23.5 Å². The average Bonchev–Trinajstić information content (AvgIpc) is 3.52. The van der Waals surface area contributed by atoms with Crippen molar-refractivity contribution in [2.75, 3.05) is 6.54 Å². The minimum Gasteiger partial charge on any atom is -0.331 e. The molecule has 0 bridgehead atoms. The lowest BCUT2D eigenvalue weighted by Crippen LogP contribution is -2.30. The van der Waals surface area contributed by atoms with Crippen LogP contribution in [0.5, 0.6) is 0 Å². The second-order valence-corrected chi connectivity index (χ2v) is 8.45. The van der Waals surface area contributed by atoms with Crippen molar-refractivity contribution in [1.82, 2.24) is 19.5 Å². The molecule has 10 heteroatoms. The normalized spacial score (nSPS) is 16.8. The van der Waals surface area contributed by atoms with Crippen LogP contribution in [0.2, 0.25) is 0 Å². The summed E-state index contributed by atoms with van der Waals surface area (Å²) in [6.45, 7) is 0.439. The van der Waals surface area contributed by atoms with Crippen LogP contribution in [0.15, 0.2) is 54.0 Å². The van der Waals surface area contributed by atoms with Gasteiger partial charge < -0.3 is 4.90 Å². The number of benzene rings is 1. The van der Waals surface area contributed by atoms with Crippen LogP contribution in [0.3, 0.4) is 0 Å². The second kappa shape index (κ2) is 7.70. The predicted octanol–water partition coefficient (Wildman–Crippen LogP) is 5.59. The highest BCUT2D eigenvalue weighted by atomic mass is 32.1. The summed E-state index contributed by atoms with van der Waals surface area (Å²) in [7, 11) is 0. The molecular formula is C22H16F4N4OS. The Morgan fingerprint density at radius 3 is 2.62 bits per heavy atom. The fraction of sp³-hybridized carbons (Fsp3) is 0.227. The molecule has 4 heterocycles. The molecule has 0 spiro atoms. The lowest BCUT2D eigenvalue weighted by molar-refractivity contribution is -0.142. The molecule has 5 rings (SSSR count). The fourth-order valence-corrected chi connectivity index (χ4v) is 4.75. The van der Waals surface area contributed by atoms with Crippen molar-refractivity contribution in [2.45, 2.75) is 25.1 Å². The molecule has 1 amide bonds. The monoisotopic (exact) mass is 460 g/mol. The van der Waals surface area contributed by atoms with Gasteiger partial charge in [0, 0.05) is 6.54 Å². The summed E-state index contributed by atoms with van der Waals surface area (Å²) in [6, 6.07) is 9.95. The molecule has 1 aromatic carbocycles. The summed E-state index contributed by atoms with van der Waals surface area (Å²) < 4.78 is 55.3. The molecule has 4 aromatic rings. The smallest absolute Gasteiger partial charge is 0.331 e. The van der Waals surface area contributed by atoms with Gasteiger partial charge in [0.25, 0.3) is 5.91 Å². The number of thiophene rings is 1. The summed E-state index contributed by atoms with van der Waals surface area (Å²) in [5, 5.41) is 5.59. The molecule has 0 unspecified atom stereocenters. The first-order chi connectivity index (χ1) is 15.3. The molecule has 5 nitrogen and oxygen atoms in total. The van der Waals surface area contributed by atoms with Crippen LogP contribution in [0, 0.1) is 5.82 Å². The SMILES string of the molecule is O=C(c1cnn2c(C(F)(F)F)cc(-c3cccs3)nc12)N1CCC[C@H]1c1ccc(F)cc1. The van der Waals surface area contributed by atoms with E-state index in [0.717, 1.165) is 24.2 Å². The van der Waals surface area contributed by atoms with Crippen molar-refractivity contribution in [3.63, 3.8) is 0 Å². The van der Waals surface area contributed by atoms with Gasteiger partial charge in [-0.25, -0.2) is 13.9 Å². The zero-order valence-electron chi connectivity index (χ0n) is 16.5. The van der Waals surface area contributed by atoms with E-state index in [4.69, 9.17) is 0 Å². The molecule has 0 radical (unpaired) electrons. The number of carbonyl (C=O) groups excluding carboxylic acids is 1. The number of nitrogens with zero attached hydrogens (tertiary/aromatic N) is 4. The number of halogens is 4. The van der Waals surface area contributed by atoms with Gasteiger partial charge in [-0.15, -0.1) is 11.3 Å². The van der Waals surface area contributed by atoms with Crippen molar-refractivity contribution >= 4 is 22.9 Å². The van der Waals surface area contributed by atoms with E-state index in [0.29, 0.717) is 22.4 Å². The predicted molar refractivity (Wildman–Crippen MR) is 111 cm³/mol. The molecule has 3 aromatic heterocycles. The number of aromatic nitrogens is 3.